The number of carbonyl (C=O) groups excluding carboxylic acids is 1. The summed E-state index contributed by atoms with van der Waals surface area (Å²) in [7, 11) is 1.85. The molecule has 0 radical (unpaired) electrons. The van der Waals surface area contributed by atoms with Gasteiger partial charge in [0.1, 0.15) is 5.69 Å². The Hall–Kier alpha value is -1.65. The molecule has 1 saturated heterocycles. The number of carbonyl (C=O) groups is 1. The molecule has 0 spiro atoms. The van der Waals surface area contributed by atoms with Gasteiger partial charge in [-0.25, -0.2) is 9.97 Å². The monoisotopic (exact) mass is 304 g/mol. The van der Waals surface area contributed by atoms with Crippen LogP contribution >= 0.6 is 0 Å². The first-order chi connectivity index (χ1) is 10.5. The van der Waals surface area contributed by atoms with E-state index in [9.17, 15) is 4.79 Å². The highest BCUT2D eigenvalue weighted by Gasteiger charge is 2.21. The third kappa shape index (κ3) is 4.18. The Labute approximate surface area is 133 Å². The van der Waals surface area contributed by atoms with Gasteiger partial charge in [0.15, 0.2) is 0 Å². The standard InChI is InChI=1S/C17H28N4O/c1-5-6-9-20(4)16(22)15-11-14(3)18-17(19-15)21-10-7-8-13(2)12-21/h11,13H,5-10,12H2,1-4H3. The number of nitrogens with zero attached hydrogens (tertiary/aromatic N) is 4. The highest BCUT2D eigenvalue weighted by molar-refractivity contribution is 5.92. The SMILES string of the molecule is CCCCN(C)C(=O)c1cc(C)nc(N2CCCC(C)C2)n1. The summed E-state index contributed by atoms with van der Waals surface area (Å²) in [6.07, 6.45) is 4.52. The molecule has 1 atom stereocenters. The van der Waals surface area contributed by atoms with Crippen LogP contribution in [0.4, 0.5) is 5.95 Å². The van der Waals surface area contributed by atoms with Crippen molar-refractivity contribution in [3.8, 4) is 0 Å². The maximum Gasteiger partial charge on any atom is 0.272 e. The fourth-order valence-electron chi connectivity index (χ4n) is 2.87. The smallest absolute Gasteiger partial charge is 0.272 e. The highest BCUT2D eigenvalue weighted by atomic mass is 16.2. The number of aryl methyl sites for hydroxylation is 1. The summed E-state index contributed by atoms with van der Waals surface area (Å²) in [5.74, 6) is 1.35. The fraction of sp³-hybridized carbons (Fsp3) is 0.706. The summed E-state index contributed by atoms with van der Waals surface area (Å²) in [5.41, 5.74) is 1.37. The molecule has 0 aliphatic carbocycles. The number of hydrogen-bond donors (Lipinski definition) is 0. The van der Waals surface area contributed by atoms with E-state index in [1.165, 1.54) is 6.42 Å². The number of rotatable bonds is 5. The van der Waals surface area contributed by atoms with Crippen LogP contribution in [0, 0.1) is 12.8 Å². The predicted molar refractivity (Wildman–Crippen MR) is 89.2 cm³/mol. The van der Waals surface area contributed by atoms with Crippen LogP contribution in [-0.2, 0) is 0 Å². The first-order valence-corrected chi connectivity index (χ1v) is 8.37. The quantitative estimate of drug-likeness (QED) is 0.839. The molecular weight excluding hydrogens is 276 g/mol. The van der Waals surface area contributed by atoms with E-state index in [4.69, 9.17) is 0 Å². The largest absolute Gasteiger partial charge is 0.341 e. The van der Waals surface area contributed by atoms with Crippen molar-refractivity contribution in [1.29, 1.82) is 0 Å². The third-order valence-electron chi connectivity index (χ3n) is 4.20. The molecule has 122 valence electrons. The van der Waals surface area contributed by atoms with E-state index in [0.717, 1.165) is 44.6 Å². The fourth-order valence-corrected chi connectivity index (χ4v) is 2.87. The van der Waals surface area contributed by atoms with Crippen LogP contribution in [0.25, 0.3) is 0 Å². The lowest BCUT2D eigenvalue weighted by atomic mass is 10.0. The minimum absolute atomic E-state index is 0.00902. The molecular formula is C17H28N4O. The molecule has 1 aliphatic heterocycles. The lowest BCUT2D eigenvalue weighted by Crippen LogP contribution is -2.36. The van der Waals surface area contributed by atoms with E-state index in [1.54, 1.807) is 11.0 Å². The van der Waals surface area contributed by atoms with Crippen molar-refractivity contribution in [1.82, 2.24) is 14.9 Å². The molecule has 22 heavy (non-hydrogen) atoms. The second-order valence-electron chi connectivity index (χ2n) is 6.47. The summed E-state index contributed by atoms with van der Waals surface area (Å²) in [6, 6.07) is 1.79. The minimum Gasteiger partial charge on any atom is -0.341 e. The summed E-state index contributed by atoms with van der Waals surface area (Å²) < 4.78 is 0. The third-order valence-corrected chi connectivity index (χ3v) is 4.20. The number of aromatic nitrogens is 2. The lowest BCUT2D eigenvalue weighted by molar-refractivity contribution is 0.0787. The molecule has 1 fully saturated rings. The Kier molecular flexibility index (Phi) is 5.75. The van der Waals surface area contributed by atoms with Gasteiger partial charge in [0, 0.05) is 32.4 Å². The van der Waals surface area contributed by atoms with Crippen molar-refractivity contribution in [3.63, 3.8) is 0 Å². The minimum atomic E-state index is -0.00902. The van der Waals surface area contributed by atoms with Gasteiger partial charge < -0.3 is 9.80 Å². The van der Waals surface area contributed by atoms with Crippen LogP contribution < -0.4 is 4.90 Å². The molecule has 5 nitrogen and oxygen atoms in total. The van der Waals surface area contributed by atoms with Gasteiger partial charge in [0.25, 0.3) is 5.91 Å². The van der Waals surface area contributed by atoms with Crippen LogP contribution in [0.1, 0.15) is 55.7 Å². The van der Waals surface area contributed by atoms with Crippen molar-refractivity contribution in [3.05, 3.63) is 17.5 Å². The van der Waals surface area contributed by atoms with Crippen LogP contribution in [0.15, 0.2) is 6.07 Å². The molecule has 0 saturated carbocycles. The Morgan fingerprint density at radius 1 is 1.45 bits per heavy atom. The van der Waals surface area contributed by atoms with E-state index < -0.39 is 0 Å². The molecule has 1 aliphatic rings. The molecule has 2 heterocycles. The molecule has 0 bridgehead atoms. The molecule has 1 aromatic rings. The average molecular weight is 304 g/mol. The Bertz CT molecular complexity index is 517. The Morgan fingerprint density at radius 3 is 2.91 bits per heavy atom. The highest BCUT2D eigenvalue weighted by Crippen LogP contribution is 2.20. The van der Waals surface area contributed by atoms with Crippen molar-refractivity contribution in [2.24, 2.45) is 5.92 Å². The number of piperidine rings is 1. The van der Waals surface area contributed by atoms with Gasteiger partial charge in [-0.15, -0.1) is 0 Å². The van der Waals surface area contributed by atoms with Crippen molar-refractivity contribution >= 4 is 11.9 Å². The second kappa shape index (κ2) is 7.56. The van der Waals surface area contributed by atoms with Crippen molar-refractivity contribution < 1.29 is 4.79 Å². The van der Waals surface area contributed by atoms with Crippen LogP contribution in [0.5, 0.6) is 0 Å². The Morgan fingerprint density at radius 2 is 2.23 bits per heavy atom. The van der Waals surface area contributed by atoms with Gasteiger partial charge in [0.05, 0.1) is 0 Å². The van der Waals surface area contributed by atoms with Gasteiger partial charge in [-0.3, -0.25) is 4.79 Å². The molecule has 1 amide bonds. The van der Waals surface area contributed by atoms with Crippen molar-refractivity contribution in [2.45, 2.75) is 46.5 Å². The van der Waals surface area contributed by atoms with E-state index in [1.807, 2.05) is 14.0 Å². The number of hydrogen-bond acceptors (Lipinski definition) is 4. The van der Waals surface area contributed by atoms with Crippen LogP contribution in [-0.4, -0.2) is 47.5 Å². The zero-order valence-electron chi connectivity index (χ0n) is 14.3. The van der Waals surface area contributed by atoms with Gasteiger partial charge in [-0.2, -0.15) is 0 Å². The number of amides is 1. The maximum absolute atomic E-state index is 12.5. The van der Waals surface area contributed by atoms with E-state index in [2.05, 4.69) is 28.7 Å². The summed E-state index contributed by atoms with van der Waals surface area (Å²) >= 11 is 0. The number of unbranched alkanes of at least 4 members (excludes halogenated alkanes) is 1. The molecule has 0 N–H and O–H groups in total. The van der Waals surface area contributed by atoms with Gasteiger partial charge >= 0.3 is 0 Å². The first kappa shape index (κ1) is 16.7. The van der Waals surface area contributed by atoms with E-state index >= 15 is 0 Å². The van der Waals surface area contributed by atoms with Crippen LogP contribution in [0.2, 0.25) is 0 Å². The first-order valence-electron chi connectivity index (χ1n) is 8.37. The van der Waals surface area contributed by atoms with Gasteiger partial charge in [-0.1, -0.05) is 20.3 Å². The summed E-state index contributed by atoms with van der Waals surface area (Å²) in [4.78, 5) is 25.6. The van der Waals surface area contributed by atoms with E-state index in [0.29, 0.717) is 17.6 Å². The number of anilines is 1. The summed E-state index contributed by atoms with van der Waals surface area (Å²) in [5, 5.41) is 0. The topological polar surface area (TPSA) is 49.3 Å². The van der Waals surface area contributed by atoms with Crippen LogP contribution in [0.3, 0.4) is 0 Å². The van der Waals surface area contributed by atoms with Gasteiger partial charge in [-0.05, 0) is 38.2 Å². The molecule has 2 rings (SSSR count). The average Bonchev–Trinajstić information content (AvgIpc) is 2.51. The Balaban J connectivity index is 2.17. The van der Waals surface area contributed by atoms with Gasteiger partial charge in [0.2, 0.25) is 5.95 Å². The molecule has 5 heteroatoms. The normalized spacial score (nSPS) is 18.4. The summed E-state index contributed by atoms with van der Waals surface area (Å²) in [6.45, 7) is 9.04. The molecule has 0 aromatic carbocycles. The lowest BCUT2D eigenvalue weighted by Gasteiger charge is -2.31. The van der Waals surface area contributed by atoms with E-state index in [-0.39, 0.29) is 5.91 Å². The maximum atomic E-state index is 12.5. The predicted octanol–water partition coefficient (Wildman–Crippen LogP) is 2.89. The molecule has 1 unspecified atom stereocenters. The van der Waals surface area contributed by atoms with Crippen molar-refractivity contribution in [2.75, 3.05) is 31.6 Å². The molecule has 1 aromatic heterocycles. The second-order valence-corrected chi connectivity index (χ2v) is 6.47. The zero-order chi connectivity index (χ0) is 16.1. The zero-order valence-corrected chi connectivity index (χ0v) is 14.3.